The highest BCUT2D eigenvalue weighted by atomic mass is 35.5. The molecule has 1 aliphatic carbocycles. The highest BCUT2D eigenvalue weighted by Crippen LogP contribution is 2.27. The molecule has 0 saturated heterocycles. The van der Waals surface area contributed by atoms with E-state index < -0.39 is 0 Å². The van der Waals surface area contributed by atoms with E-state index >= 15 is 0 Å². The molecule has 21 heavy (non-hydrogen) atoms. The van der Waals surface area contributed by atoms with Gasteiger partial charge in [-0.1, -0.05) is 30.3 Å². The first-order valence-electron chi connectivity index (χ1n) is 7.06. The first-order chi connectivity index (χ1) is 10.2. The molecule has 0 amide bonds. The zero-order chi connectivity index (χ0) is 14.8. The molecule has 0 radical (unpaired) electrons. The zero-order valence-electron chi connectivity index (χ0n) is 11.8. The molecule has 0 atom stereocenters. The van der Waals surface area contributed by atoms with Crippen LogP contribution < -0.4 is 5.56 Å². The van der Waals surface area contributed by atoms with Gasteiger partial charge in [-0.15, -0.1) is 0 Å². The van der Waals surface area contributed by atoms with Gasteiger partial charge in [0.2, 0.25) is 0 Å². The van der Waals surface area contributed by atoms with Crippen LogP contribution in [-0.2, 0) is 25.0 Å². The van der Waals surface area contributed by atoms with Crippen LogP contribution in [0.5, 0.6) is 0 Å². The third kappa shape index (κ3) is 2.99. The lowest BCUT2D eigenvalue weighted by molar-refractivity contribution is 0.869. The first kappa shape index (κ1) is 14.6. The van der Waals surface area contributed by atoms with Crippen LogP contribution in [0.1, 0.15) is 35.9 Å². The molecular weight excluding hydrogens is 306 g/mol. The lowest BCUT2D eigenvalue weighted by atomic mass is 10.2. The molecule has 2 aromatic heterocycles. The molecule has 0 bridgehead atoms. The number of halogens is 1. The van der Waals surface area contributed by atoms with Gasteiger partial charge < -0.3 is 4.98 Å². The minimum absolute atomic E-state index is 0.00741. The number of hydrogen-bond acceptors (Lipinski definition) is 4. The Labute approximate surface area is 132 Å². The van der Waals surface area contributed by atoms with Crippen LogP contribution in [0.25, 0.3) is 0 Å². The van der Waals surface area contributed by atoms with Crippen LogP contribution in [0.3, 0.4) is 0 Å². The van der Waals surface area contributed by atoms with Crippen molar-refractivity contribution in [2.45, 2.75) is 43.5 Å². The minimum atomic E-state index is 0.00741. The Morgan fingerprint density at radius 3 is 3.10 bits per heavy atom. The fourth-order valence-electron chi connectivity index (χ4n) is 2.59. The van der Waals surface area contributed by atoms with Crippen LogP contribution >= 0.6 is 23.4 Å². The largest absolute Gasteiger partial charge is 0.301 e. The Balaban J connectivity index is 1.83. The van der Waals surface area contributed by atoms with Gasteiger partial charge in [-0.3, -0.25) is 9.78 Å². The summed E-state index contributed by atoms with van der Waals surface area (Å²) in [6.07, 6.45) is 5.33. The van der Waals surface area contributed by atoms with E-state index in [1.807, 2.05) is 0 Å². The molecule has 3 rings (SSSR count). The maximum atomic E-state index is 12.0. The summed E-state index contributed by atoms with van der Waals surface area (Å²) in [6.45, 7) is 2.06. The Morgan fingerprint density at radius 1 is 1.43 bits per heavy atom. The van der Waals surface area contributed by atoms with E-state index in [0.29, 0.717) is 10.9 Å². The number of pyridine rings is 1. The average Bonchev–Trinajstić information content (AvgIpc) is 2.94. The third-order valence-corrected chi connectivity index (χ3v) is 4.95. The van der Waals surface area contributed by atoms with Crippen molar-refractivity contribution < 1.29 is 0 Å². The van der Waals surface area contributed by atoms with Crippen molar-refractivity contribution in [3.63, 3.8) is 0 Å². The highest BCUT2D eigenvalue weighted by Gasteiger charge is 2.17. The number of aryl methyl sites for hydroxylation is 2. The number of rotatable bonds is 4. The normalized spacial score (nSPS) is 13.4. The summed E-state index contributed by atoms with van der Waals surface area (Å²) in [4.78, 5) is 23.8. The second-order valence-corrected chi connectivity index (χ2v) is 6.38. The smallest absolute Gasteiger partial charge is 0.254 e. The number of nitrogens with one attached hydrogen (secondary N) is 1. The van der Waals surface area contributed by atoms with Gasteiger partial charge >= 0.3 is 0 Å². The minimum Gasteiger partial charge on any atom is -0.301 e. The van der Waals surface area contributed by atoms with Crippen LogP contribution in [0.15, 0.2) is 22.2 Å². The van der Waals surface area contributed by atoms with Gasteiger partial charge in [0.05, 0.1) is 5.69 Å². The number of aromatic amines is 1. The van der Waals surface area contributed by atoms with Gasteiger partial charge in [0.1, 0.15) is 0 Å². The molecule has 110 valence electrons. The van der Waals surface area contributed by atoms with Crippen LogP contribution in [0, 0.1) is 0 Å². The van der Waals surface area contributed by atoms with E-state index in [2.05, 4.69) is 21.9 Å². The summed E-state index contributed by atoms with van der Waals surface area (Å²) in [5, 5.41) is 1.39. The van der Waals surface area contributed by atoms with Crippen molar-refractivity contribution in [2.24, 2.45) is 0 Å². The summed E-state index contributed by atoms with van der Waals surface area (Å²) >= 11 is 7.76. The Hall–Kier alpha value is -1.33. The lowest BCUT2D eigenvalue weighted by Crippen LogP contribution is -2.15. The van der Waals surface area contributed by atoms with E-state index in [9.17, 15) is 4.79 Å². The first-order valence-corrected chi connectivity index (χ1v) is 8.42. The van der Waals surface area contributed by atoms with Crippen molar-refractivity contribution in [2.75, 3.05) is 0 Å². The van der Waals surface area contributed by atoms with Gasteiger partial charge in [-0.2, -0.15) is 0 Å². The monoisotopic (exact) mass is 321 g/mol. The summed E-state index contributed by atoms with van der Waals surface area (Å²) in [6, 6.07) is 1.80. The summed E-state index contributed by atoms with van der Waals surface area (Å²) < 4.78 is 0. The second kappa shape index (κ2) is 6.20. The predicted octanol–water partition coefficient (Wildman–Crippen LogP) is 3.16. The number of nitrogens with zero attached hydrogens (tertiary/aromatic N) is 2. The molecule has 6 heteroatoms. The van der Waals surface area contributed by atoms with E-state index in [-0.39, 0.29) is 5.56 Å². The number of thioether (sulfide) groups is 1. The number of fused-ring (bicyclic) bond motifs is 1. The standard InChI is InChI=1S/C15H16ClN3OS/c1-2-12-10(11(16)6-7-17-12)8-21-15-18-13-5-3-4-9(13)14(20)19-15/h6-7H,2-5,8H2,1H3,(H,18,19,20). The van der Waals surface area contributed by atoms with Crippen molar-refractivity contribution in [1.29, 1.82) is 0 Å². The topological polar surface area (TPSA) is 58.6 Å². The molecule has 0 unspecified atom stereocenters. The van der Waals surface area contributed by atoms with Crippen molar-refractivity contribution in [3.8, 4) is 0 Å². The van der Waals surface area contributed by atoms with Gasteiger partial charge in [0.15, 0.2) is 5.16 Å². The van der Waals surface area contributed by atoms with Gasteiger partial charge in [0, 0.05) is 33.8 Å². The van der Waals surface area contributed by atoms with E-state index in [1.54, 1.807) is 12.3 Å². The quantitative estimate of drug-likeness (QED) is 0.694. The van der Waals surface area contributed by atoms with Crippen molar-refractivity contribution in [3.05, 3.63) is 50.2 Å². The number of hydrogen-bond donors (Lipinski definition) is 1. The van der Waals surface area contributed by atoms with Gasteiger partial charge in [-0.25, -0.2) is 4.98 Å². The molecule has 0 aliphatic heterocycles. The fraction of sp³-hybridized carbons (Fsp3) is 0.400. The van der Waals surface area contributed by atoms with E-state index in [4.69, 9.17) is 11.6 Å². The Kier molecular flexibility index (Phi) is 4.31. The molecule has 0 saturated carbocycles. The highest BCUT2D eigenvalue weighted by molar-refractivity contribution is 7.98. The fourth-order valence-corrected chi connectivity index (χ4v) is 3.85. The summed E-state index contributed by atoms with van der Waals surface area (Å²) in [5.74, 6) is 0.664. The molecule has 2 heterocycles. The number of aromatic nitrogens is 3. The second-order valence-electron chi connectivity index (χ2n) is 5.01. The van der Waals surface area contributed by atoms with Gasteiger partial charge in [-0.05, 0) is 31.7 Å². The Morgan fingerprint density at radius 2 is 2.29 bits per heavy atom. The molecular formula is C15H16ClN3OS. The predicted molar refractivity (Wildman–Crippen MR) is 85.1 cm³/mol. The average molecular weight is 322 g/mol. The third-order valence-electron chi connectivity index (χ3n) is 3.70. The Bertz CT molecular complexity index is 729. The van der Waals surface area contributed by atoms with Crippen molar-refractivity contribution in [1.82, 2.24) is 15.0 Å². The number of H-pyrrole nitrogens is 1. The molecule has 2 aromatic rings. The zero-order valence-corrected chi connectivity index (χ0v) is 13.4. The van der Waals surface area contributed by atoms with Crippen molar-refractivity contribution >= 4 is 23.4 Å². The molecule has 0 aromatic carbocycles. The molecule has 4 nitrogen and oxygen atoms in total. The lowest BCUT2D eigenvalue weighted by Gasteiger charge is -2.09. The summed E-state index contributed by atoms with van der Waals surface area (Å²) in [5.41, 5.74) is 3.84. The van der Waals surface area contributed by atoms with Crippen LogP contribution in [-0.4, -0.2) is 15.0 Å². The molecule has 0 spiro atoms. The molecule has 0 fully saturated rings. The maximum Gasteiger partial charge on any atom is 0.254 e. The summed E-state index contributed by atoms with van der Waals surface area (Å²) in [7, 11) is 0. The SMILES string of the molecule is CCc1nccc(Cl)c1CSc1nc2c(c(=O)[nH]1)CCC2. The van der Waals surface area contributed by atoms with E-state index in [0.717, 1.165) is 53.2 Å². The maximum absolute atomic E-state index is 12.0. The van der Waals surface area contributed by atoms with E-state index in [1.165, 1.54) is 11.8 Å². The molecule has 1 aliphatic rings. The molecule has 1 N–H and O–H groups in total. The van der Waals surface area contributed by atoms with Crippen LogP contribution in [0.2, 0.25) is 5.02 Å². The van der Waals surface area contributed by atoms with Gasteiger partial charge in [0.25, 0.3) is 5.56 Å². The van der Waals surface area contributed by atoms with Crippen LogP contribution in [0.4, 0.5) is 0 Å².